The molecule has 0 saturated carbocycles. The average Bonchev–Trinajstić information content (AvgIpc) is 2.78. The Kier molecular flexibility index (Phi) is 5.89. The van der Waals surface area contributed by atoms with Crippen LogP contribution in [0.4, 0.5) is 4.79 Å². The maximum absolute atomic E-state index is 12.0. The van der Waals surface area contributed by atoms with Gasteiger partial charge in [-0.15, -0.1) is 0 Å². The highest BCUT2D eigenvalue weighted by atomic mass is 16.5. The molecule has 0 atom stereocenters. The third kappa shape index (κ3) is 4.09. The van der Waals surface area contributed by atoms with E-state index in [1.54, 1.807) is 19.1 Å². The minimum absolute atomic E-state index is 0.159. The smallest absolute Gasteiger partial charge is 0.334 e. The molecule has 1 heterocycles. The van der Waals surface area contributed by atoms with Gasteiger partial charge in [-0.2, -0.15) is 0 Å². The topological polar surface area (TPSA) is 96.0 Å². The standard InChI is InChI=1S/C16H19N3O5/c1-2-9-18-14(21)15(22)19(16(18)23)11-13(20)17-8-10-24-12-6-4-3-5-7-12/h3-7H,2,8-11H2,1H3,(H,17,20). The SMILES string of the molecule is CCCN1C(=O)C(=O)N(CC(=O)NCCOc2ccccc2)C1=O. The normalized spacial score (nSPS) is 14.3. The molecule has 0 aliphatic carbocycles. The molecule has 24 heavy (non-hydrogen) atoms. The second-order valence-electron chi connectivity index (χ2n) is 5.14. The summed E-state index contributed by atoms with van der Waals surface area (Å²) in [5, 5.41) is 2.54. The zero-order valence-electron chi connectivity index (χ0n) is 13.4. The molecule has 0 unspecified atom stereocenters. The second-order valence-corrected chi connectivity index (χ2v) is 5.14. The van der Waals surface area contributed by atoms with Crippen LogP contribution in [0.25, 0.3) is 0 Å². The van der Waals surface area contributed by atoms with Crippen LogP contribution in [0.5, 0.6) is 5.75 Å². The van der Waals surface area contributed by atoms with Gasteiger partial charge >= 0.3 is 17.8 Å². The summed E-state index contributed by atoms with van der Waals surface area (Å²) in [5.74, 6) is -1.71. The van der Waals surface area contributed by atoms with E-state index < -0.39 is 30.3 Å². The number of imide groups is 2. The molecular formula is C16H19N3O5. The van der Waals surface area contributed by atoms with Gasteiger partial charge in [0.15, 0.2) is 0 Å². The number of rotatable bonds is 8. The summed E-state index contributed by atoms with van der Waals surface area (Å²) < 4.78 is 5.41. The Hall–Kier alpha value is -2.90. The van der Waals surface area contributed by atoms with Crippen LogP contribution in [0.2, 0.25) is 0 Å². The summed E-state index contributed by atoms with van der Waals surface area (Å²) in [6.07, 6.45) is 0.543. The van der Waals surface area contributed by atoms with E-state index in [1.165, 1.54) is 0 Å². The van der Waals surface area contributed by atoms with Gasteiger partial charge in [0.2, 0.25) is 5.91 Å². The molecule has 0 aromatic heterocycles. The quantitative estimate of drug-likeness (QED) is 0.421. The number of amides is 5. The Morgan fingerprint density at radius 2 is 1.75 bits per heavy atom. The lowest BCUT2D eigenvalue weighted by atomic mass is 10.3. The summed E-state index contributed by atoms with van der Waals surface area (Å²) >= 11 is 0. The van der Waals surface area contributed by atoms with Crippen LogP contribution in [-0.2, 0) is 14.4 Å². The predicted molar refractivity (Wildman–Crippen MR) is 84.1 cm³/mol. The van der Waals surface area contributed by atoms with Gasteiger partial charge < -0.3 is 10.1 Å². The number of nitrogens with one attached hydrogen (secondary N) is 1. The largest absolute Gasteiger partial charge is 0.492 e. The van der Waals surface area contributed by atoms with Crippen molar-refractivity contribution in [1.29, 1.82) is 0 Å². The average molecular weight is 333 g/mol. The lowest BCUT2D eigenvalue weighted by Gasteiger charge is -2.14. The molecule has 1 N–H and O–H groups in total. The van der Waals surface area contributed by atoms with E-state index in [0.717, 1.165) is 4.90 Å². The number of carbonyl (C=O) groups excluding carboxylic acids is 4. The van der Waals surface area contributed by atoms with Crippen molar-refractivity contribution in [2.24, 2.45) is 0 Å². The molecule has 5 amide bonds. The molecular weight excluding hydrogens is 314 g/mol. The van der Waals surface area contributed by atoms with Crippen LogP contribution in [-0.4, -0.2) is 59.8 Å². The first-order valence-electron chi connectivity index (χ1n) is 7.66. The summed E-state index contributed by atoms with van der Waals surface area (Å²) in [6, 6.07) is 8.36. The van der Waals surface area contributed by atoms with E-state index in [9.17, 15) is 19.2 Å². The molecule has 2 rings (SSSR count). The van der Waals surface area contributed by atoms with Gasteiger partial charge in [0.25, 0.3) is 0 Å². The summed E-state index contributed by atoms with van der Waals surface area (Å²) in [4.78, 5) is 48.8. The third-order valence-corrected chi connectivity index (χ3v) is 3.32. The molecule has 1 aromatic carbocycles. The molecule has 1 saturated heterocycles. The zero-order valence-corrected chi connectivity index (χ0v) is 13.4. The number of carbonyl (C=O) groups is 4. The highest BCUT2D eigenvalue weighted by Crippen LogP contribution is 2.12. The predicted octanol–water partition coefficient (Wildman–Crippen LogP) is 0.382. The highest BCUT2D eigenvalue weighted by molar-refractivity contribution is 6.45. The molecule has 128 valence electrons. The number of nitrogens with zero attached hydrogens (tertiary/aromatic N) is 2. The van der Waals surface area contributed by atoms with E-state index in [1.807, 2.05) is 18.2 Å². The van der Waals surface area contributed by atoms with Crippen LogP contribution in [0.1, 0.15) is 13.3 Å². The molecule has 1 aromatic rings. The Labute approximate surface area is 139 Å². The van der Waals surface area contributed by atoms with E-state index in [2.05, 4.69) is 5.32 Å². The van der Waals surface area contributed by atoms with Gasteiger partial charge in [-0.3, -0.25) is 19.3 Å². The minimum atomic E-state index is -0.968. The zero-order chi connectivity index (χ0) is 17.5. The van der Waals surface area contributed by atoms with Crippen LogP contribution in [0, 0.1) is 0 Å². The van der Waals surface area contributed by atoms with Crippen LogP contribution < -0.4 is 10.1 Å². The number of benzene rings is 1. The van der Waals surface area contributed by atoms with Crippen molar-refractivity contribution in [3.8, 4) is 5.75 Å². The van der Waals surface area contributed by atoms with Crippen molar-refractivity contribution in [2.75, 3.05) is 26.2 Å². The molecule has 8 heteroatoms. The maximum atomic E-state index is 12.0. The lowest BCUT2D eigenvalue weighted by molar-refractivity contribution is -0.144. The first-order chi connectivity index (χ1) is 11.5. The molecule has 0 spiro atoms. The van der Waals surface area contributed by atoms with E-state index >= 15 is 0 Å². The maximum Gasteiger partial charge on any atom is 0.334 e. The number of hydrogen-bond acceptors (Lipinski definition) is 5. The van der Waals surface area contributed by atoms with Gasteiger partial charge in [0, 0.05) is 6.54 Å². The Balaban J connectivity index is 1.77. The first kappa shape index (κ1) is 17.5. The van der Waals surface area contributed by atoms with Gasteiger partial charge in [0.05, 0.1) is 6.54 Å². The molecule has 1 aliphatic rings. The molecule has 0 radical (unpaired) electrons. The van der Waals surface area contributed by atoms with E-state index in [-0.39, 0.29) is 19.7 Å². The van der Waals surface area contributed by atoms with Gasteiger partial charge in [-0.25, -0.2) is 9.69 Å². The van der Waals surface area contributed by atoms with E-state index in [0.29, 0.717) is 17.1 Å². The van der Waals surface area contributed by atoms with Crippen LogP contribution in [0.15, 0.2) is 30.3 Å². The van der Waals surface area contributed by atoms with Gasteiger partial charge in [-0.05, 0) is 18.6 Å². The summed E-state index contributed by atoms with van der Waals surface area (Å²) in [5.41, 5.74) is 0. The summed E-state index contributed by atoms with van der Waals surface area (Å²) in [6.45, 7) is 1.93. The van der Waals surface area contributed by atoms with Gasteiger partial charge in [0.1, 0.15) is 18.9 Å². The third-order valence-electron chi connectivity index (χ3n) is 3.32. The molecule has 0 bridgehead atoms. The monoisotopic (exact) mass is 333 g/mol. The van der Waals surface area contributed by atoms with E-state index in [4.69, 9.17) is 4.74 Å². The summed E-state index contributed by atoms with van der Waals surface area (Å²) in [7, 11) is 0. The Morgan fingerprint density at radius 3 is 2.42 bits per heavy atom. The van der Waals surface area contributed by atoms with Crippen molar-refractivity contribution < 1.29 is 23.9 Å². The van der Waals surface area contributed by atoms with Crippen molar-refractivity contribution in [3.63, 3.8) is 0 Å². The van der Waals surface area contributed by atoms with Crippen molar-refractivity contribution in [3.05, 3.63) is 30.3 Å². The first-order valence-corrected chi connectivity index (χ1v) is 7.66. The van der Waals surface area contributed by atoms with Crippen molar-refractivity contribution >= 4 is 23.8 Å². The Morgan fingerprint density at radius 1 is 1.08 bits per heavy atom. The van der Waals surface area contributed by atoms with Crippen molar-refractivity contribution in [1.82, 2.24) is 15.1 Å². The fourth-order valence-corrected chi connectivity index (χ4v) is 2.19. The highest BCUT2D eigenvalue weighted by Gasteiger charge is 2.44. The second kappa shape index (κ2) is 8.09. The molecule has 1 aliphatic heterocycles. The lowest BCUT2D eigenvalue weighted by Crippen LogP contribution is -2.42. The number of urea groups is 1. The fourth-order valence-electron chi connectivity index (χ4n) is 2.19. The Bertz CT molecular complexity index is 632. The number of ether oxygens (including phenoxy) is 1. The van der Waals surface area contributed by atoms with Crippen LogP contribution >= 0.6 is 0 Å². The minimum Gasteiger partial charge on any atom is -0.492 e. The molecule has 1 fully saturated rings. The van der Waals surface area contributed by atoms with Gasteiger partial charge in [-0.1, -0.05) is 25.1 Å². The fraction of sp³-hybridized carbons (Fsp3) is 0.375. The molecule has 8 nitrogen and oxygen atoms in total. The number of hydrogen-bond donors (Lipinski definition) is 1. The van der Waals surface area contributed by atoms with Crippen LogP contribution in [0.3, 0.4) is 0 Å². The van der Waals surface area contributed by atoms with Crippen molar-refractivity contribution in [2.45, 2.75) is 13.3 Å². The number of para-hydroxylation sites is 1.